The molecule has 0 aliphatic rings. The number of carbonyl (C=O) groups excluding carboxylic acids is 2. The maximum absolute atomic E-state index is 12.6. The average Bonchev–Trinajstić information content (AvgIpc) is 2.98. The van der Waals surface area contributed by atoms with Gasteiger partial charge in [0.25, 0.3) is 0 Å². The van der Waals surface area contributed by atoms with Gasteiger partial charge in [-0.15, -0.1) is 11.8 Å². The minimum absolute atomic E-state index is 0.00129. The molecular weight excluding hydrogens is 548 g/mol. The van der Waals surface area contributed by atoms with E-state index < -0.39 is 5.97 Å². The van der Waals surface area contributed by atoms with Gasteiger partial charge in [0.05, 0.1) is 5.71 Å². The molecule has 0 aliphatic heterocycles. The van der Waals surface area contributed by atoms with Gasteiger partial charge < -0.3 is 10.2 Å². The second kappa shape index (κ2) is 14.5. The summed E-state index contributed by atoms with van der Waals surface area (Å²) in [6, 6.07) is 32.4. The van der Waals surface area contributed by atoms with Crippen molar-refractivity contribution in [3.05, 3.63) is 125 Å². The molecule has 0 unspecified atom stereocenters. The zero-order valence-electron chi connectivity index (χ0n) is 20.9. The molecule has 4 rings (SSSR count). The molecule has 0 aromatic heterocycles. The lowest BCUT2D eigenvalue weighted by Gasteiger charge is -2.08. The van der Waals surface area contributed by atoms with Gasteiger partial charge in [-0.25, -0.2) is 4.79 Å². The maximum atomic E-state index is 12.6. The summed E-state index contributed by atoms with van der Waals surface area (Å²) in [5, 5.41) is 11.8. The number of benzene rings is 4. The predicted octanol–water partition coefficient (Wildman–Crippen LogP) is 8.19. The molecule has 0 saturated carbocycles. The molecule has 0 saturated heterocycles. The topological polar surface area (TPSA) is 79.6 Å². The molecular formula is C31H25ClN2O3S2. The van der Waals surface area contributed by atoms with Crippen LogP contribution in [0.5, 0.6) is 0 Å². The summed E-state index contributed by atoms with van der Waals surface area (Å²) in [7, 11) is 0. The van der Waals surface area contributed by atoms with Gasteiger partial charge in [-0.2, -0.15) is 0 Å². The van der Waals surface area contributed by atoms with E-state index in [9.17, 15) is 9.59 Å². The summed E-state index contributed by atoms with van der Waals surface area (Å²) < 4.78 is 0. The van der Waals surface area contributed by atoms with Crippen LogP contribution in [0.3, 0.4) is 0 Å². The van der Waals surface area contributed by atoms with Gasteiger partial charge in [-0.1, -0.05) is 71.0 Å². The first-order valence-corrected chi connectivity index (χ1v) is 14.3. The highest BCUT2D eigenvalue weighted by Gasteiger charge is 2.10. The Bertz CT molecular complexity index is 1440. The van der Waals surface area contributed by atoms with Crippen LogP contribution in [0.1, 0.15) is 34.3 Å². The van der Waals surface area contributed by atoms with E-state index in [0.717, 1.165) is 32.4 Å². The van der Waals surface area contributed by atoms with Crippen LogP contribution in [0, 0.1) is 5.41 Å². The zero-order chi connectivity index (χ0) is 27.5. The Hall–Kier alpha value is -3.65. The van der Waals surface area contributed by atoms with E-state index >= 15 is 0 Å². The van der Waals surface area contributed by atoms with Gasteiger partial charge in [0.2, 0.25) is 0 Å². The van der Waals surface area contributed by atoms with Gasteiger partial charge in [-0.3, -0.25) is 4.79 Å². The van der Waals surface area contributed by atoms with E-state index in [1.807, 2.05) is 103 Å². The number of halogens is 1. The SMILES string of the molecule is N=CC(=O)O/N=C(\CCCSc1ccc(Cl)cc1)c1ccc(Sc2ccc(C(=O)c3ccccc3)cc2)cc1. The van der Waals surface area contributed by atoms with Crippen LogP contribution >= 0.6 is 35.1 Å². The fourth-order valence-corrected chi connectivity index (χ4v) is 5.41. The molecule has 0 bridgehead atoms. The van der Waals surface area contributed by atoms with Gasteiger partial charge in [0, 0.05) is 30.8 Å². The third-order valence-electron chi connectivity index (χ3n) is 5.58. The first-order valence-electron chi connectivity index (χ1n) is 12.2. The van der Waals surface area contributed by atoms with E-state index in [1.165, 1.54) is 0 Å². The third-order valence-corrected chi connectivity index (χ3v) is 7.95. The van der Waals surface area contributed by atoms with E-state index in [-0.39, 0.29) is 5.78 Å². The molecule has 39 heavy (non-hydrogen) atoms. The first kappa shape index (κ1) is 28.4. The van der Waals surface area contributed by atoms with Gasteiger partial charge in [0.1, 0.15) is 6.21 Å². The van der Waals surface area contributed by atoms with Crippen LogP contribution in [0.2, 0.25) is 5.02 Å². The summed E-state index contributed by atoms with van der Waals surface area (Å²) in [6.45, 7) is 0. The fourth-order valence-electron chi connectivity index (χ4n) is 3.61. The highest BCUT2D eigenvalue weighted by Crippen LogP contribution is 2.29. The van der Waals surface area contributed by atoms with Crippen LogP contribution in [0.25, 0.3) is 0 Å². The molecule has 0 aliphatic carbocycles. The highest BCUT2D eigenvalue weighted by atomic mass is 35.5. The van der Waals surface area contributed by atoms with Crippen LogP contribution in [-0.4, -0.2) is 29.4 Å². The van der Waals surface area contributed by atoms with Crippen molar-refractivity contribution >= 4 is 58.8 Å². The van der Waals surface area contributed by atoms with E-state index in [0.29, 0.717) is 34.5 Å². The number of nitrogens with zero attached hydrogens (tertiary/aromatic N) is 1. The second-order valence-corrected chi connectivity index (χ2v) is 11.1. The number of hydrogen-bond donors (Lipinski definition) is 1. The molecule has 4 aromatic carbocycles. The van der Waals surface area contributed by atoms with Crippen molar-refractivity contribution in [2.45, 2.75) is 27.5 Å². The van der Waals surface area contributed by atoms with E-state index in [2.05, 4.69) is 5.16 Å². The molecule has 0 atom stereocenters. The number of nitrogens with one attached hydrogen (secondary N) is 1. The monoisotopic (exact) mass is 572 g/mol. The maximum Gasteiger partial charge on any atom is 0.375 e. The Kier molecular flexibility index (Phi) is 10.5. The zero-order valence-corrected chi connectivity index (χ0v) is 23.3. The number of carbonyl (C=O) groups is 2. The van der Waals surface area contributed by atoms with Crippen LogP contribution in [0.4, 0.5) is 0 Å². The molecule has 5 nitrogen and oxygen atoms in total. The summed E-state index contributed by atoms with van der Waals surface area (Å²) in [6.07, 6.45) is 2.02. The highest BCUT2D eigenvalue weighted by molar-refractivity contribution is 7.99. The second-order valence-electron chi connectivity index (χ2n) is 8.34. The lowest BCUT2D eigenvalue weighted by molar-refractivity contribution is -0.135. The van der Waals surface area contributed by atoms with Crippen molar-refractivity contribution < 1.29 is 14.4 Å². The molecule has 0 heterocycles. The Morgan fingerprint density at radius 1 is 0.769 bits per heavy atom. The Labute approximate surface area is 241 Å². The molecule has 8 heteroatoms. The molecule has 1 N–H and O–H groups in total. The van der Waals surface area contributed by atoms with Gasteiger partial charge >= 0.3 is 5.97 Å². The third kappa shape index (κ3) is 8.68. The van der Waals surface area contributed by atoms with Crippen molar-refractivity contribution in [1.29, 1.82) is 5.41 Å². The minimum atomic E-state index is -0.815. The largest absolute Gasteiger partial charge is 0.375 e. The molecule has 0 spiro atoms. The number of hydrogen-bond acceptors (Lipinski definition) is 7. The van der Waals surface area contributed by atoms with Gasteiger partial charge in [-0.05, 0) is 84.8 Å². The lowest BCUT2D eigenvalue weighted by Crippen LogP contribution is -2.07. The van der Waals surface area contributed by atoms with E-state index in [4.69, 9.17) is 21.8 Å². The van der Waals surface area contributed by atoms with Crippen molar-refractivity contribution in [1.82, 2.24) is 0 Å². The molecule has 4 aromatic rings. The quantitative estimate of drug-likeness (QED) is 0.0462. The average molecular weight is 573 g/mol. The summed E-state index contributed by atoms with van der Waals surface area (Å²) in [4.78, 5) is 32.2. The van der Waals surface area contributed by atoms with Crippen LogP contribution < -0.4 is 0 Å². The molecule has 0 fully saturated rings. The smallest absolute Gasteiger partial charge is 0.311 e. The van der Waals surface area contributed by atoms with Crippen LogP contribution in [0.15, 0.2) is 123 Å². The van der Waals surface area contributed by atoms with Crippen LogP contribution in [-0.2, 0) is 9.63 Å². The van der Waals surface area contributed by atoms with Gasteiger partial charge in [0.15, 0.2) is 5.78 Å². The molecule has 0 amide bonds. The van der Waals surface area contributed by atoms with Crippen molar-refractivity contribution in [2.24, 2.45) is 5.16 Å². The Morgan fingerprint density at radius 3 is 1.95 bits per heavy atom. The molecule has 196 valence electrons. The van der Waals surface area contributed by atoms with Crippen molar-refractivity contribution in [3.8, 4) is 0 Å². The fraction of sp³-hybridized carbons (Fsp3) is 0.0968. The standard InChI is InChI=1S/C31H25ClN2O3S2/c32-25-12-18-26(19-13-25)38-20-4-7-29(34-37-30(35)21-33)22-8-14-27(15-9-22)39-28-16-10-24(11-17-28)31(36)23-5-2-1-3-6-23/h1-3,5-6,8-19,21,33H,4,7,20H2/b33-21?,34-29+. The number of rotatable bonds is 12. The summed E-state index contributed by atoms with van der Waals surface area (Å²) in [5.74, 6) is 0.0404. The Balaban J connectivity index is 1.37. The van der Waals surface area contributed by atoms with E-state index in [1.54, 1.807) is 23.5 Å². The first-order chi connectivity index (χ1) is 19.0. The van der Waals surface area contributed by atoms with Crippen molar-refractivity contribution in [2.75, 3.05) is 5.75 Å². The number of ketones is 1. The lowest BCUT2D eigenvalue weighted by atomic mass is 10.0. The summed E-state index contributed by atoms with van der Waals surface area (Å²) >= 11 is 9.26. The normalized spacial score (nSPS) is 11.2. The Morgan fingerprint density at radius 2 is 1.33 bits per heavy atom. The number of thioether (sulfide) groups is 1. The molecule has 0 radical (unpaired) electrons. The number of oxime groups is 1. The summed E-state index contributed by atoms with van der Waals surface area (Å²) in [5.41, 5.74) is 2.80. The predicted molar refractivity (Wildman–Crippen MR) is 160 cm³/mol. The minimum Gasteiger partial charge on any atom is -0.311 e. The van der Waals surface area contributed by atoms with Crippen molar-refractivity contribution in [3.63, 3.8) is 0 Å².